The van der Waals surface area contributed by atoms with Crippen LogP contribution in [0.15, 0.2) is 60.8 Å². The van der Waals surface area contributed by atoms with Crippen molar-refractivity contribution in [3.8, 4) is 0 Å². The average molecular weight is 354 g/mol. The molecule has 3 rings (SSSR count). The highest BCUT2D eigenvalue weighted by atomic mass is 31.2. The van der Waals surface area contributed by atoms with Gasteiger partial charge in [0.2, 0.25) is 0 Å². The molecule has 1 atom stereocenters. The van der Waals surface area contributed by atoms with Gasteiger partial charge >= 0.3 is 0 Å². The minimum Gasteiger partial charge on any atom is -0.314 e. The fourth-order valence-electron chi connectivity index (χ4n) is 2.88. The molecule has 1 unspecified atom stereocenters. The molecule has 2 aromatic carbocycles. The van der Waals surface area contributed by atoms with Crippen molar-refractivity contribution in [2.75, 3.05) is 17.9 Å². The van der Waals surface area contributed by atoms with Crippen molar-refractivity contribution >= 4 is 24.1 Å². The molecule has 0 aliphatic carbocycles. The zero-order valence-electron chi connectivity index (χ0n) is 14.6. The van der Waals surface area contributed by atoms with E-state index in [4.69, 9.17) is 4.52 Å². The third-order valence-corrected chi connectivity index (χ3v) is 6.11. The lowest BCUT2D eigenvalue weighted by Crippen LogP contribution is -2.08. The normalized spacial score (nSPS) is 13.5. The second-order valence-electron chi connectivity index (χ2n) is 6.05. The largest absolute Gasteiger partial charge is 0.314 e. The van der Waals surface area contributed by atoms with E-state index >= 15 is 0 Å². The van der Waals surface area contributed by atoms with Gasteiger partial charge in [-0.1, -0.05) is 48.0 Å². The first-order valence-corrected chi connectivity index (χ1v) is 10.3. The van der Waals surface area contributed by atoms with Crippen LogP contribution in [0.5, 0.6) is 0 Å². The molecule has 130 valence electrons. The van der Waals surface area contributed by atoms with Gasteiger partial charge in [0.25, 0.3) is 7.52 Å². The minimum atomic E-state index is -3.02. The smallest absolute Gasteiger partial charge is 0.294 e. The van der Waals surface area contributed by atoms with Crippen molar-refractivity contribution in [2.45, 2.75) is 20.3 Å². The van der Waals surface area contributed by atoms with Crippen molar-refractivity contribution < 1.29 is 9.09 Å². The summed E-state index contributed by atoms with van der Waals surface area (Å²) in [5, 5.41) is 4.16. The molecule has 0 saturated carbocycles. The Labute approximate surface area is 148 Å². The third-order valence-electron chi connectivity index (χ3n) is 4.04. The Bertz CT molecular complexity index is 906. The fraction of sp³-hybridized carbons (Fsp3) is 0.250. The number of pyridine rings is 1. The van der Waals surface area contributed by atoms with Gasteiger partial charge in [-0.2, -0.15) is 0 Å². The van der Waals surface area contributed by atoms with Crippen LogP contribution < -0.4 is 5.09 Å². The van der Waals surface area contributed by atoms with Crippen LogP contribution in [0.3, 0.4) is 0 Å². The van der Waals surface area contributed by atoms with E-state index < -0.39 is 7.52 Å². The first-order valence-electron chi connectivity index (χ1n) is 8.51. The molecule has 0 bridgehead atoms. The van der Waals surface area contributed by atoms with Crippen molar-refractivity contribution in [3.63, 3.8) is 0 Å². The minimum absolute atomic E-state index is 0.399. The van der Waals surface area contributed by atoms with Crippen LogP contribution in [-0.4, -0.2) is 17.8 Å². The second-order valence-corrected chi connectivity index (χ2v) is 8.32. The Morgan fingerprint density at radius 2 is 1.92 bits per heavy atom. The van der Waals surface area contributed by atoms with E-state index in [0.717, 1.165) is 22.2 Å². The highest BCUT2D eigenvalue weighted by molar-refractivity contribution is 7.60. The molecule has 0 amide bonds. The lowest BCUT2D eigenvalue weighted by atomic mass is 10.1. The molecule has 0 aliphatic rings. The number of rotatable bonds is 7. The molecule has 0 spiro atoms. The van der Waals surface area contributed by atoms with E-state index in [1.165, 1.54) is 5.56 Å². The first-order chi connectivity index (χ1) is 12.1. The van der Waals surface area contributed by atoms with E-state index in [2.05, 4.69) is 35.2 Å². The van der Waals surface area contributed by atoms with Crippen LogP contribution in [-0.2, 0) is 15.5 Å². The predicted molar refractivity (Wildman–Crippen MR) is 104 cm³/mol. The molecule has 25 heavy (non-hydrogen) atoms. The van der Waals surface area contributed by atoms with Gasteiger partial charge in [0, 0.05) is 17.7 Å². The van der Waals surface area contributed by atoms with Gasteiger partial charge in [0.05, 0.1) is 17.8 Å². The molecule has 4 nitrogen and oxygen atoms in total. The number of aryl methyl sites for hydroxylation is 2. The number of para-hydroxylation sites is 1. The predicted octanol–water partition coefficient (Wildman–Crippen LogP) is 5.43. The summed E-state index contributed by atoms with van der Waals surface area (Å²) in [5.41, 5.74) is 3.92. The molecule has 1 N–H and O–H groups in total. The summed E-state index contributed by atoms with van der Waals surface area (Å²) >= 11 is 0. The van der Waals surface area contributed by atoms with Crippen LogP contribution in [0.4, 0.5) is 5.69 Å². The Morgan fingerprint density at radius 3 is 2.72 bits per heavy atom. The SMILES string of the molecule is CCOP(=O)(CCc1cccc(C)c1)Nc1cccc2cccnc12. The summed E-state index contributed by atoms with van der Waals surface area (Å²) in [5.74, 6) is 0. The van der Waals surface area contributed by atoms with Gasteiger partial charge in [-0.05, 0) is 38.0 Å². The van der Waals surface area contributed by atoms with Gasteiger partial charge in [-0.25, -0.2) is 0 Å². The molecular formula is C20H23N2O2P. The molecule has 1 aromatic heterocycles. The molecule has 5 heteroatoms. The highest BCUT2D eigenvalue weighted by Crippen LogP contribution is 2.48. The van der Waals surface area contributed by atoms with Crippen molar-refractivity contribution in [2.24, 2.45) is 0 Å². The van der Waals surface area contributed by atoms with E-state index in [-0.39, 0.29) is 0 Å². The Hall–Kier alpha value is -2.16. The van der Waals surface area contributed by atoms with Crippen LogP contribution in [0.1, 0.15) is 18.1 Å². The molecular weight excluding hydrogens is 331 g/mol. The van der Waals surface area contributed by atoms with Gasteiger partial charge < -0.3 is 9.61 Å². The topological polar surface area (TPSA) is 51.2 Å². The first kappa shape index (κ1) is 17.7. The standard InChI is InChI=1S/C20H23N2O2P/c1-3-24-25(23,14-12-17-8-4-7-16(2)15-17)22-19-11-5-9-18-10-6-13-21-20(18)19/h4-11,13,15H,3,12,14H2,1-2H3,(H,22,23). The summed E-state index contributed by atoms with van der Waals surface area (Å²) in [6, 6.07) is 18.0. The number of anilines is 1. The number of nitrogens with one attached hydrogen (secondary N) is 1. The zero-order chi connectivity index (χ0) is 17.7. The third kappa shape index (κ3) is 4.47. The summed E-state index contributed by atoms with van der Waals surface area (Å²) in [6.45, 7) is 4.32. The maximum Gasteiger partial charge on any atom is 0.294 e. The van der Waals surface area contributed by atoms with Crippen LogP contribution in [0, 0.1) is 6.92 Å². The number of nitrogens with zero attached hydrogens (tertiary/aromatic N) is 1. The lowest BCUT2D eigenvalue weighted by Gasteiger charge is -2.21. The molecule has 0 radical (unpaired) electrons. The van der Waals surface area contributed by atoms with E-state index in [9.17, 15) is 4.57 Å². The van der Waals surface area contributed by atoms with Crippen molar-refractivity contribution in [3.05, 3.63) is 71.9 Å². The average Bonchev–Trinajstić information content (AvgIpc) is 2.61. The lowest BCUT2D eigenvalue weighted by molar-refractivity contribution is 0.337. The molecule has 0 fully saturated rings. The number of aromatic nitrogens is 1. The Morgan fingerprint density at radius 1 is 1.12 bits per heavy atom. The summed E-state index contributed by atoms with van der Waals surface area (Å²) < 4.78 is 19.0. The molecule has 0 saturated heterocycles. The Kier molecular flexibility index (Phi) is 5.52. The van der Waals surface area contributed by atoms with Crippen LogP contribution in [0.25, 0.3) is 10.9 Å². The molecule has 0 aliphatic heterocycles. The number of hydrogen-bond acceptors (Lipinski definition) is 3. The monoisotopic (exact) mass is 354 g/mol. The van der Waals surface area contributed by atoms with Gasteiger partial charge in [0.15, 0.2) is 0 Å². The number of fused-ring (bicyclic) bond motifs is 1. The Balaban J connectivity index is 1.83. The zero-order valence-corrected chi connectivity index (χ0v) is 15.5. The van der Waals surface area contributed by atoms with Crippen molar-refractivity contribution in [1.82, 2.24) is 4.98 Å². The number of benzene rings is 2. The van der Waals surface area contributed by atoms with Gasteiger partial charge in [-0.15, -0.1) is 0 Å². The quantitative estimate of drug-likeness (QED) is 0.575. The summed E-state index contributed by atoms with van der Waals surface area (Å²) in [6.07, 6.45) is 2.88. The molecule has 1 heterocycles. The van der Waals surface area contributed by atoms with E-state index in [0.29, 0.717) is 19.2 Å². The van der Waals surface area contributed by atoms with Crippen LogP contribution in [0.2, 0.25) is 0 Å². The van der Waals surface area contributed by atoms with Gasteiger partial charge in [0.1, 0.15) is 0 Å². The van der Waals surface area contributed by atoms with Gasteiger partial charge in [-0.3, -0.25) is 9.55 Å². The van der Waals surface area contributed by atoms with E-state index in [1.807, 2.05) is 43.3 Å². The fourth-order valence-corrected chi connectivity index (χ4v) is 4.71. The molecule has 3 aromatic rings. The summed E-state index contributed by atoms with van der Waals surface area (Å²) in [7, 11) is -3.02. The van der Waals surface area contributed by atoms with Crippen molar-refractivity contribution in [1.29, 1.82) is 0 Å². The maximum atomic E-state index is 13.3. The maximum absolute atomic E-state index is 13.3. The van der Waals surface area contributed by atoms with E-state index in [1.54, 1.807) is 6.20 Å². The summed E-state index contributed by atoms with van der Waals surface area (Å²) in [4.78, 5) is 4.42. The second kappa shape index (κ2) is 7.81. The number of hydrogen-bond donors (Lipinski definition) is 1. The highest BCUT2D eigenvalue weighted by Gasteiger charge is 2.23. The van der Waals surface area contributed by atoms with Crippen LogP contribution >= 0.6 is 7.52 Å².